The summed E-state index contributed by atoms with van der Waals surface area (Å²) >= 11 is 0. The van der Waals surface area contributed by atoms with Gasteiger partial charge in [0.15, 0.2) is 0 Å². The van der Waals surface area contributed by atoms with E-state index < -0.39 is 0 Å². The number of aromatic nitrogens is 3. The Morgan fingerprint density at radius 1 is 1.26 bits per heavy atom. The second kappa shape index (κ2) is 11.1. The molecule has 4 rings (SSSR count). The number of ether oxygens (including phenoxy) is 1. The molecule has 1 fully saturated rings. The summed E-state index contributed by atoms with van der Waals surface area (Å²) in [5.41, 5.74) is 2.80. The number of anilines is 1. The predicted octanol–water partition coefficient (Wildman–Crippen LogP) is 2.52. The zero-order valence-corrected chi connectivity index (χ0v) is 20.1. The fourth-order valence-corrected chi connectivity index (χ4v) is 4.01. The van der Waals surface area contributed by atoms with Gasteiger partial charge in [0.25, 0.3) is 0 Å². The molecule has 3 aromatic heterocycles. The van der Waals surface area contributed by atoms with Crippen LogP contribution in [-0.2, 0) is 0 Å². The summed E-state index contributed by atoms with van der Waals surface area (Å²) in [6, 6.07) is 8.00. The van der Waals surface area contributed by atoms with Crippen molar-refractivity contribution in [1.29, 1.82) is 5.26 Å². The largest absolute Gasteiger partial charge is 0.492 e. The van der Waals surface area contributed by atoms with Crippen molar-refractivity contribution in [2.24, 2.45) is 5.92 Å². The van der Waals surface area contributed by atoms with E-state index in [1.54, 1.807) is 16.9 Å². The van der Waals surface area contributed by atoms with Gasteiger partial charge in [0.1, 0.15) is 17.6 Å². The molecule has 0 saturated carbocycles. The van der Waals surface area contributed by atoms with Crippen LogP contribution in [-0.4, -0.2) is 76.6 Å². The number of rotatable bonds is 8. The van der Waals surface area contributed by atoms with Crippen LogP contribution in [0, 0.1) is 17.2 Å². The fourth-order valence-electron chi connectivity index (χ4n) is 4.01. The molecule has 184 valence electrons. The highest BCUT2D eigenvalue weighted by Gasteiger charge is 2.22. The lowest BCUT2D eigenvalue weighted by molar-refractivity contribution is 0.193. The van der Waals surface area contributed by atoms with Gasteiger partial charge in [-0.2, -0.15) is 10.4 Å². The quantitative estimate of drug-likeness (QED) is 0.479. The molecule has 10 heteroatoms. The average Bonchev–Trinajstić information content (AvgIpc) is 3.30. The van der Waals surface area contributed by atoms with Crippen LogP contribution < -0.4 is 15.0 Å². The van der Waals surface area contributed by atoms with Gasteiger partial charge < -0.3 is 25.0 Å². The van der Waals surface area contributed by atoms with E-state index >= 15 is 0 Å². The first-order chi connectivity index (χ1) is 17.0. The van der Waals surface area contributed by atoms with Crippen molar-refractivity contribution < 1.29 is 14.6 Å². The van der Waals surface area contributed by atoms with E-state index in [1.807, 2.05) is 23.1 Å². The standard InChI is InChI=1S/C25H31N7O3/c1-18(2)14-28-25(34)31-8-6-30(7-9-31)23-5-4-19(15-27-23)22-12-21(35-11-3-10-33)17-32-24(22)20(13-26)16-29-32/h4-5,12,15-18,33H,3,6-11,14H2,1-2H3,(H,28,34). The summed E-state index contributed by atoms with van der Waals surface area (Å²) in [5, 5.41) is 25.9. The Hall–Kier alpha value is -3.84. The molecule has 0 spiro atoms. The second-order valence-corrected chi connectivity index (χ2v) is 8.94. The number of nitrogens with zero attached hydrogens (tertiary/aromatic N) is 6. The van der Waals surface area contributed by atoms with Crippen molar-refractivity contribution in [1.82, 2.24) is 24.8 Å². The first kappa shape index (κ1) is 24.3. The number of aliphatic hydroxyl groups excluding tert-OH is 1. The number of fused-ring (bicyclic) bond motifs is 1. The van der Waals surface area contributed by atoms with Gasteiger partial charge in [0, 0.05) is 63.1 Å². The van der Waals surface area contributed by atoms with Crippen LogP contribution in [0.5, 0.6) is 5.75 Å². The van der Waals surface area contributed by atoms with Crippen LogP contribution in [0.15, 0.2) is 36.8 Å². The van der Waals surface area contributed by atoms with Crippen molar-refractivity contribution in [3.63, 3.8) is 0 Å². The number of carbonyl (C=O) groups excluding carboxylic acids is 1. The Morgan fingerprint density at radius 3 is 2.71 bits per heavy atom. The monoisotopic (exact) mass is 477 g/mol. The number of aliphatic hydroxyl groups is 1. The Bertz CT molecular complexity index is 1190. The normalized spacial score (nSPS) is 13.8. The third-order valence-electron chi connectivity index (χ3n) is 5.89. The average molecular weight is 478 g/mol. The molecule has 1 saturated heterocycles. The third kappa shape index (κ3) is 5.63. The first-order valence-corrected chi connectivity index (χ1v) is 11.9. The van der Waals surface area contributed by atoms with Gasteiger partial charge in [-0.15, -0.1) is 0 Å². The molecule has 0 unspecified atom stereocenters. The molecule has 1 aliphatic rings. The van der Waals surface area contributed by atoms with Crippen molar-refractivity contribution in [3.8, 4) is 22.9 Å². The molecule has 4 heterocycles. The molecular formula is C25H31N7O3. The molecule has 0 aliphatic carbocycles. The van der Waals surface area contributed by atoms with E-state index in [9.17, 15) is 10.1 Å². The topological polar surface area (TPSA) is 119 Å². The Labute approximate surface area is 204 Å². The SMILES string of the molecule is CC(C)CNC(=O)N1CCN(c2ccc(-c3cc(OCCCO)cn4ncc(C#N)c34)cn2)CC1. The van der Waals surface area contributed by atoms with Crippen LogP contribution in [0.3, 0.4) is 0 Å². The van der Waals surface area contributed by atoms with Crippen molar-refractivity contribution in [2.45, 2.75) is 20.3 Å². The molecule has 2 amide bonds. The summed E-state index contributed by atoms with van der Waals surface area (Å²) in [4.78, 5) is 21.0. The zero-order valence-electron chi connectivity index (χ0n) is 20.1. The highest BCUT2D eigenvalue weighted by Crippen LogP contribution is 2.31. The van der Waals surface area contributed by atoms with E-state index in [-0.39, 0.29) is 12.6 Å². The Kier molecular flexibility index (Phi) is 7.67. The minimum Gasteiger partial charge on any atom is -0.492 e. The summed E-state index contributed by atoms with van der Waals surface area (Å²) < 4.78 is 7.41. The fraction of sp³-hybridized carbons (Fsp3) is 0.440. The minimum atomic E-state index is -0.0131. The van der Waals surface area contributed by atoms with Crippen molar-refractivity contribution in [2.75, 3.05) is 50.8 Å². The maximum Gasteiger partial charge on any atom is 0.317 e. The second-order valence-electron chi connectivity index (χ2n) is 8.94. The van der Waals surface area contributed by atoms with E-state index in [2.05, 4.69) is 40.2 Å². The highest BCUT2D eigenvalue weighted by atomic mass is 16.5. The number of nitrogens with one attached hydrogen (secondary N) is 1. The number of carbonyl (C=O) groups is 1. The summed E-state index contributed by atoms with van der Waals surface area (Å²) in [7, 11) is 0. The molecule has 2 N–H and O–H groups in total. The van der Waals surface area contributed by atoms with E-state index in [4.69, 9.17) is 9.84 Å². The number of urea groups is 1. The number of hydrogen-bond donors (Lipinski definition) is 2. The minimum absolute atomic E-state index is 0.0131. The van der Waals surface area contributed by atoms with Crippen molar-refractivity contribution >= 4 is 17.4 Å². The molecular weight excluding hydrogens is 446 g/mol. The number of nitriles is 1. The van der Waals surface area contributed by atoms with Gasteiger partial charge in [-0.1, -0.05) is 13.8 Å². The first-order valence-electron chi connectivity index (χ1n) is 11.9. The lowest BCUT2D eigenvalue weighted by Gasteiger charge is -2.35. The summed E-state index contributed by atoms with van der Waals surface area (Å²) in [6.45, 7) is 7.96. The number of amides is 2. The zero-order chi connectivity index (χ0) is 24.8. The van der Waals surface area contributed by atoms with Gasteiger partial charge in [-0.05, 0) is 24.1 Å². The summed E-state index contributed by atoms with van der Waals surface area (Å²) in [6.07, 6.45) is 5.58. The van der Waals surface area contributed by atoms with E-state index in [0.29, 0.717) is 68.5 Å². The number of piperazine rings is 1. The summed E-state index contributed by atoms with van der Waals surface area (Å²) in [5.74, 6) is 1.87. The molecule has 10 nitrogen and oxygen atoms in total. The number of pyridine rings is 2. The highest BCUT2D eigenvalue weighted by molar-refractivity contribution is 5.85. The van der Waals surface area contributed by atoms with Crippen LogP contribution >= 0.6 is 0 Å². The van der Waals surface area contributed by atoms with Crippen LogP contribution in [0.2, 0.25) is 0 Å². The maximum absolute atomic E-state index is 12.3. The Morgan fingerprint density at radius 2 is 2.06 bits per heavy atom. The smallest absolute Gasteiger partial charge is 0.317 e. The van der Waals surface area contributed by atoms with E-state index in [1.165, 1.54) is 6.20 Å². The molecule has 0 atom stereocenters. The predicted molar refractivity (Wildman–Crippen MR) is 132 cm³/mol. The lowest BCUT2D eigenvalue weighted by Crippen LogP contribution is -2.52. The molecule has 1 aliphatic heterocycles. The van der Waals surface area contributed by atoms with Crippen LogP contribution in [0.1, 0.15) is 25.8 Å². The van der Waals surface area contributed by atoms with Gasteiger partial charge in [-0.25, -0.2) is 14.3 Å². The molecule has 0 aromatic carbocycles. The maximum atomic E-state index is 12.3. The van der Waals surface area contributed by atoms with Crippen LogP contribution in [0.25, 0.3) is 16.6 Å². The lowest BCUT2D eigenvalue weighted by atomic mass is 10.1. The molecule has 35 heavy (non-hydrogen) atoms. The third-order valence-corrected chi connectivity index (χ3v) is 5.89. The van der Waals surface area contributed by atoms with Gasteiger partial charge in [0.05, 0.1) is 30.1 Å². The van der Waals surface area contributed by atoms with E-state index in [0.717, 1.165) is 16.9 Å². The van der Waals surface area contributed by atoms with Crippen molar-refractivity contribution in [3.05, 3.63) is 42.4 Å². The van der Waals surface area contributed by atoms with Gasteiger partial charge in [0.2, 0.25) is 0 Å². The van der Waals surface area contributed by atoms with Crippen LogP contribution in [0.4, 0.5) is 10.6 Å². The van der Waals surface area contributed by atoms with Gasteiger partial charge in [-0.3, -0.25) is 0 Å². The van der Waals surface area contributed by atoms with Gasteiger partial charge >= 0.3 is 6.03 Å². The number of hydrogen-bond acceptors (Lipinski definition) is 7. The Balaban J connectivity index is 1.50. The molecule has 0 radical (unpaired) electrons. The molecule has 0 bridgehead atoms. The molecule has 3 aromatic rings.